The minimum absolute atomic E-state index is 0.0607. The summed E-state index contributed by atoms with van der Waals surface area (Å²) < 4.78 is 88.8. The molecular weight excluding hydrogens is 306 g/mol. The van der Waals surface area contributed by atoms with Gasteiger partial charge in [0.15, 0.2) is 0 Å². The molecule has 0 bridgehead atoms. The predicted octanol–water partition coefficient (Wildman–Crippen LogP) is 1.47. The molecular formula is C11H16F6N2O2. The summed E-state index contributed by atoms with van der Waals surface area (Å²) in [4.78, 5) is 0.884. The summed E-state index contributed by atoms with van der Waals surface area (Å²) in [5.41, 5.74) is 0. The van der Waals surface area contributed by atoms with E-state index in [1.165, 1.54) is 0 Å². The maximum atomic E-state index is 14.0. The summed E-state index contributed by atoms with van der Waals surface area (Å²) in [6.45, 7) is -2.27. The van der Waals surface area contributed by atoms with E-state index >= 15 is 0 Å². The minimum atomic E-state index is -4.53. The van der Waals surface area contributed by atoms with Crippen molar-refractivity contribution in [3.63, 3.8) is 0 Å². The molecule has 2 atom stereocenters. The van der Waals surface area contributed by atoms with Crippen LogP contribution >= 0.6 is 0 Å². The molecule has 2 aliphatic heterocycles. The van der Waals surface area contributed by atoms with E-state index in [9.17, 15) is 26.3 Å². The maximum absolute atomic E-state index is 14.0. The van der Waals surface area contributed by atoms with E-state index in [-0.39, 0.29) is 18.1 Å². The smallest absolute Gasteiger partial charge is 0.376 e. The van der Waals surface area contributed by atoms with Crippen LogP contribution in [-0.2, 0) is 9.47 Å². The average Bonchev–Trinajstić information content (AvgIpc) is 2.46. The Labute approximate surface area is 117 Å². The summed E-state index contributed by atoms with van der Waals surface area (Å²) in [5, 5.41) is 0. The number of halogens is 6. The van der Waals surface area contributed by atoms with Gasteiger partial charge in [0.05, 0.1) is 19.8 Å². The molecule has 2 unspecified atom stereocenters. The molecule has 0 aliphatic carbocycles. The first-order valence-corrected chi connectivity index (χ1v) is 6.50. The SMILES string of the molecule is FC(N1CCN(C(F)(F)F)CC1)C(F)(F)C1COCCO1. The number of hydrogen-bond acceptors (Lipinski definition) is 4. The van der Waals surface area contributed by atoms with Gasteiger partial charge in [-0.15, -0.1) is 0 Å². The van der Waals surface area contributed by atoms with Crippen molar-refractivity contribution in [3.05, 3.63) is 0 Å². The number of ether oxygens (including phenoxy) is 2. The van der Waals surface area contributed by atoms with Gasteiger partial charge in [-0.2, -0.15) is 22.0 Å². The van der Waals surface area contributed by atoms with E-state index in [0.29, 0.717) is 4.90 Å². The van der Waals surface area contributed by atoms with Gasteiger partial charge in [0.25, 0.3) is 0 Å². The Balaban J connectivity index is 1.92. The van der Waals surface area contributed by atoms with E-state index in [0.717, 1.165) is 0 Å². The lowest BCUT2D eigenvalue weighted by molar-refractivity contribution is -0.269. The fraction of sp³-hybridized carbons (Fsp3) is 1.00. The van der Waals surface area contributed by atoms with Gasteiger partial charge in [0.2, 0.25) is 6.30 Å². The van der Waals surface area contributed by atoms with Crippen LogP contribution in [0.1, 0.15) is 0 Å². The van der Waals surface area contributed by atoms with Crippen LogP contribution in [0.2, 0.25) is 0 Å². The maximum Gasteiger partial charge on any atom is 0.460 e. The Bertz CT molecular complexity index is 340. The molecule has 2 heterocycles. The Hall–Kier alpha value is -0.580. The van der Waals surface area contributed by atoms with Gasteiger partial charge in [0.1, 0.15) is 6.10 Å². The first-order chi connectivity index (χ1) is 9.73. The van der Waals surface area contributed by atoms with Crippen LogP contribution in [0.4, 0.5) is 26.3 Å². The third kappa shape index (κ3) is 3.79. The van der Waals surface area contributed by atoms with Crippen LogP contribution in [0.25, 0.3) is 0 Å². The van der Waals surface area contributed by atoms with Crippen molar-refractivity contribution in [3.8, 4) is 0 Å². The monoisotopic (exact) mass is 322 g/mol. The van der Waals surface area contributed by atoms with Gasteiger partial charge in [-0.25, -0.2) is 9.29 Å². The predicted molar refractivity (Wildman–Crippen MR) is 59.6 cm³/mol. The lowest BCUT2D eigenvalue weighted by Gasteiger charge is -2.40. The largest absolute Gasteiger partial charge is 0.460 e. The second-order valence-electron chi connectivity index (χ2n) is 4.94. The zero-order valence-electron chi connectivity index (χ0n) is 11.1. The fourth-order valence-corrected chi connectivity index (χ4v) is 2.31. The van der Waals surface area contributed by atoms with Crippen LogP contribution in [-0.4, -0.2) is 80.4 Å². The van der Waals surface area contributed by atoms with Gasteiger partial charge in [-0.05, 0) is 0 Å². The highest BCUT2D eigenvalue weighted by Gasteiger charge is 2.53. The molecule has 2 rings (SSSR count). The van der Waals surface area contributed by atoms with Crippen molar-refractivity contribution in [1.29, 1.82) is 0 Å². The second-order valence-corrected chi connectivity index (χ2v) is 4.94. The average molecular weight is 322 g/mol. The molecule has 0 aromatic carbocycles. The number of rotatable bonds is 3. The molecule has 0 N–H and O–H groups in total. The van der Waals surface area contributed by atoms with Gasteiger partial charge >= 0.3 is 12.2 Å². The molecule has 0 aromatic rings. The molecule has 0 aromatic heterocycles. The van der Waals surface area contributed by atoms with Crippen molar-refractivity contribution in [2.45, 2.75) is 24.6 Å². The molecule has 0 amide bonds. The molecule has 0 saturated carbocycles. The van der Waals surface area contributed by atoms with Crippen LogP contribution in [0.15, 0.2) is 0 Å². The van der Waals surface area contributed by atoms with Crippen LogP contribution in [0.3, 0.4) is 0 Å². The standard InChI is InChI=1S/C11H16F6N2O2/c12-9(10(13,14)8-7-20-5-6-21-8)18-1-3-19(4-2-18)11(15,16)17/h8-9H,1-7H2. The Morgan fingerprint density at radius 3 is 2.05 bits per heavy atom. The van der Waals surface area contributed by atoms with Gasteiger partial charge in [-0.3, -0.25) is 4.90 Å². The van der Waals surface area contributed by atoms with E-state index in [1.807, 2.05) is 0 Å². The van der Waals surface area contributed by atoms with Crippen LogP contribution in [0, 0.1) is 0 Å². The van der Waals surface area contributed by atoms with Crippen molar-refractivity contribution >= 4 is 0 Å². The fourth-order valence-electron chi connectivity index (χ4n) is 2.31. The molecule has 0 radical (unpaired) electrons. The second kappa shape index (κ2) is 6.27. The number of nitrogens with zero attached hydrogens (tertiary/aromatic N) is 2. The molecule has 4 nitrogen and oxygen atoms in total. The Morgan fingerprint density at radius 1 is 0.952 bits per heavy atom. The Kier molecular flexibility index (Phi) is 5.01. The highest BCUT2D eigenvalue weighted by Crippen LogP contribution is 2.33. The van der Waals surface area contributed by atoms with Gasteiger partial charge in [0, 0.05) is 26.2 Å². The van der Waals surface area contributed by atoms with Crippen LogP contribution in [0.5, 0.6) is 0 Å². The third-order valence-electron chi connectivity index (χ3n) is 3.56. The number of piperazine rings is 1. The van der Waals surface area contributed by atoms with E-state index in [4.69, 9.17) is 9.47 Å². The lowest BCUT2D eigenvalue weighted by atomic mass is 10.1. The molecule has 2 fully saturated rings. The van der Waals surface area contributed by atoms with Gasteiger partial charge in [-0.1, -0.05) is 0 Å². The first-order valence-electron chi connectivity index (χ1n) is 6.50. The third-order valence-corrected chi connectivity index (χ3v) is 3.56. The molecule has 2 saturated heterocycles. The van der Waals surface area contributed by atoms with E-state index in [2.05, 4.69) is 0 Å². The zero-order chi connectivity index (χ0) is 15.7. The minimum Gasteiger partial charge on any atom is -0.376 e. The summed E-state index contributed by atoms with van der Waals surface area (Å²) in [6.07, 6.45) is -8.94. The first kappa shape index (κ1) is 16.8. The van der Waals surface area contributed by atoms with Crippen molar-refractivity contribution in [2.24, 2.45) is 0 Å². The van der Waals surface area contributed by atoms with Crippen molar-refractivity contribution in [2.75, 3.05) is 46.0 Å². The summed E-state index contributed by atoms with van der Waals surface area (Å²) in [7, 11) is 0. The topological polar surface area (TPSA) is 24.9 Å². The van der Waals surface area contributed by atoms with E-state index in [1.54, 1.807) is 0 Å². The normalized spacial score (nSPS) is 28.6. The van der Waals surface area contributed by atoms with Crippen LogP contribution < -0.4 is 0 Å². The summed E-state index contributed by atoms with van der Waals surface area (Å²) in [6, 6.07) is 0. The molecule has 21 heavy (non-hydrogen) atoms. The van der Waals surface area contributed by atoms with Gasteiger partial charge < -0.3 is 9.47 Å². The van der Waals surface area contributed by atoms with Crippen molar-refractivity contribution in [1.82, 2.24) is 9.80 Å². The van der Waals surface area contributed by atoms with E-state index < -0.39 is 57.4 Å². The molecule has 10 heteroatoms. The van der Waals surface area contributed by atoms with Crippen molar-refractivity contribution < 1.29 is 35.8 Å². The number of alkyl halides is 6. The summed E-state index contributed by atoms with van der Waals surface area (Å²) in [5.74, 6) is -3.83. The number of hydrogen-bond donors (Lipinski definition) is 0. The highest BCUT2D eigenvalue weighted by molar-refractivity contribution is 4.89. The summed E-state index contributed by atoms with van der Waals surface area (Å²) >= 11 is 0. The Morgan fingerprint density at radius 2 is 1.57 bits per heavy atom. The highest BCUT2D eigenvalue weighted by atomic mass is 19.4. The quantitative estimate of drug-likeness (QED) is 0.580. The zero-order valence-corrected chi connectivity index (χ0v) is 11.1. The molecule has 0 spiro atoms. The lowest BCUT2D eigenvalue weighted by Crippen LogP contribution is -2.60. The molecule has 2 aliphatic rings. The molecule has 124 valence electrons.